The van der Waals surface area contributed by atoms with Gasteiger partial charge in [0.1, 0.15) is 0 Å². The van der Waals surface area contributed by atoms with Gasteiger partial charge in [0, 0.05) is 31.6 Å². The second-order valence-electron chi connectivity index (χ2n) is 5.34. The van der Waals surface area contributed by atoms with E-state index in [1.54, 1.807) is 4.68 Å². The van der Waals surface area contributed by atoms with Gasteiger partial charge < -0.3 is 10.6 Å². The average Bonchev–Trinajstić information content (AvgIpc) is 2.91. The number of carbonyl (C=O) groups excluding carboxylic acids is 1. The zero-order valence-electron chi connectivity index (χ0n) is 11.2. The van der Waals surface area contributed by atoms with E-state index in [0.29, 0.717) is 24.7 Å². The molecule has 1 saturated heterocycles. The molecule has 0 radical (unpaired) electrons. The minimum absolute atomic E-state index is 0.0170. The van der Waals surface area contributed by atoms with Crippen molar-refractivity contribution in [1.82, 2.24) is 14.7 Å². The number of hydrogen-bond donors (Lipinski definition) is 1. The number of para-hydroxylation sites is 1. The van der Waals surface area contributed by atoms with Gasteiger partial charge in [-0.15, -0.1) is 0 Å². The molecule has 0 saturated carbocycles. The van der Waals surface area contributed by atoms with Crippen LogP contribution in [0.5, 0.6) is 0 Å². The van der Waals surface area contributed by atoms with Crippen LogP contribution in [0.25, 0.3) is 10.9 Å². The standard InChI is InChI=1S/C14H18N4O/c1-9-7-18(8-11(9)15)14(19)13-10-5-3-4-6-12(10)17(2)16-13/h3-6,9,11H,7-8,15H2,1-2H3/t9-,11+/m1/s1. The topological polar surface area (TPSA) is 64.2 Å². The number of carbonyl (C=O) groups is 1. The Bertz CT molecular complexity index is 623. The molecule has 1 amide bonds. The van der Waals surface area contributed by atoms with Crippen LogP contribution in [0.15, 0.2) is 24.3 Å². The van der Waals surface area contributed by atoms with Crippen molar-refractivity contribution in [2.24, 2.45) is 18.7 Å². The second kappa shape index (κ2) is 4.35. The number of likely N-dealkylation sites (tertiary alicyclic amines) is 1. The van der Waals surface area contributed by atoms with Crippen molar-refractivity contribution in [3.05, 3.63) is 30.0 Å². The van der Waals surface area contributed by atoms with Crippen LogP contribution >= 0.6 is 0 Å². The molecule has 19 heavy (non-hydrogen) atoms. The molecule has 1 aliphatic heterocycles. The van der Waals surface area contributed by atoms with E-state index >= 15 is 0 Å². The van der Waals surface area contributed by atoms with Crippen molar-refractivity contribution in [2.75, 3.05) is 13.1 Å². The lowest BCUT2D eigenvalue weighted by Crippen LogP contribution is -2.32. The fourth-order valence-corrected chi connectivity index (χ4v) is 2.68. The summed E-state index contributed by atoms with van der Waals surface area (Å²) in [4.78, 5) is 14.4. The minimum atomic E-state index is -0.0170. The van der Waals surface area contributed by atoms with Crippen LogP contribution in [0, 0.1) is 5.92 Å². The molecule has 3 rings (SSSR count). The van der Waals surface area contributed by atoms with Gasteiger partial charge in [0.15, 0.2) is 5.69 Å². The highest BCUT2D eigenvalue weighted by Gasteiger charge is 2.32. The van der Waals surface area contributed by atoms with Crippen LogP contribution in [0.4, 0.5) is 0 Å². The van der Waals surface area contributed by atoms with Gasteiger partial charge >= 0.3 is 0 Å². The Hall–Kier alpha value is -1.88. The first-order valence-corrected chi connectivity index (χ1v) is 6.54. The number of benzene rings is 1. The van der Waals surface area contributed by atoms with Crippen LogP contribution in [-0.2, 0) is 7.05 Å². The third-order valence-corrected chi connectivity index (χ3v) is 3.92. The third-order valence-electron chi connectivity index (χ3n) is 3.92. The number of aromatic nitrogens is 2. The highest BCUT2D eigenvalue weighted by atomic mass is 16.2. The lowest BCUT2D eigenvalue weighted by Gasteiger charge is -2.14. The molecule has 2 aromatic rings. The molecule has 1 aromatic heterocycles. The molecule has 1 fully saturated rings. The van der Waals surface area contributed by atoms with Gasteiger partial charge in [-0.2, -0.15) is 5.10 Å². The largest absolute Gasteiger partial charge is 0.335 e. The molecular formula is C14H18N4O. The van der Waals surface area contributed by atoms with Crippen LogP contribution in [0.2, 0.25) is 0 Å². The number of aryl methyl sites for hydroxylation is 1. The summed E-state index contributed by atoms with van der Waals surface area (Å²) >= 11 is 0. The van der Waals surface area contributed by atoms with Crippen LogP contribution in [-0.4, -0.2) is 39.7 Å². The van der Waals surface area contributed by atoms with Crippen LogP contribution in [0.3, 0.4) is 0 Å². The van der Waals surface area contributed by atoms with Gasteiger partial charge in [0.2, 0.25) is 0 Å². The maximum absolute atomic E-state index is 12.6. The highest BCUT2D eigenvalue weighted by molar-refractivity contribution is 6.04. The van der Waals surface area contributed by atoms with Gasteiger partial charge in [0.25, 0.3) is 5.91 Å². The summed E-state index contributed by atoms with van der Waals surface area (Å²) in [6, 6.07) is 7.86. The Labute approximate surface area is 112 Å². The smallest absolute Gasteiger partial charge is 0.275 e. The summed E-state index contributed by atoms with van der Waals surface area (Å²) in [5.74, 6) is 0.329. The third kappa shape index (κ3) is 1.90. The lowest BCUT2D eigenvalue weighted by molar-refractivity contribution is 0.0782. The fourth-order valence-electron chi connectivity index (χ4n) is 2.68. The Morgan fingerprint density at radius 3 is 2.79 bits per heavy atom. The summed E-state index contributed by atoms with van der Waals surface area (Å²) in [7, 11) is 1.86. The van der Waals surface area contributed by atoms with E-state index in [-0.39, 0.29) is 11.9 Å². The lowest BCUT2D eigenvalue weighted by atomic mass is 10.1. The highest BCUT2D eigenvalue weighted by Crippen LogP contribution is 2.22. The quantitative estimate of drug-likeness (QED) is 0.829. The maximum atomic E-state index is 12.6. The summed E-state index contributed by atoms with van der Waals surface area (Å²) < 4.78 is 1.75. The molecule has 0 unspecified atom stereocenters. The molecular weight excluding hydrogens is 240 g/mol. The summed E-state index contributed by atoms with van der Waals surface area (Å²) in [5.41, 5.74) is 7.48. The van der Waals surface area contributed by atoms with E-state index in [0.717, 1.165) is 10.9 Å². The minimum Gasteiger partial charge on any atom is -0.335 e. The molecule has 5 nitrogen and oxygen atoms in total. The van der Waals surface area contributed by atoms with Gasteiger partial charge in [-0.05, 0) is 12.0 Å². The number of hydrogen-bond acceptors (Lipinski definition) is 3. The van der Waals surface area contributed by atoms with Crippen molar-refractivity contribution in [2.45, 2.75) is 13.0 Å². The fraction of sp³-hybridized carbons (Fsp3) is 0.429. The van der Waals surface area contributed by atoms with Gasteiger partial charge in [-0.3, -0.25) is 9.48 Å². The first-order chi connectivity index (χ1) is 9.08. The van der Waals surface area contributed by atoms with E-state index < -0.39 is 0 Å². The normalized spacial score (nSPS) is 23.2. The Balaban J connectivity index is 1.99. The van der Waals surface area contributed by atoms with Crippen molar-refractivity contribution in [1.29, 1.82) is 0 Å². The summed E-state index contributed by atoms with van der Waals surface area (Å²) in [5, 5.41) is 5.27. The molecule has 2 atom stereocenters. The molecule has 0 aliphatic carbocycles. The summed E-state index contributed by atoms with van der Waals surface area (Å²) in [6.45, 7) is 3.41. The monoisotopic (exact) mass is 258 g/mol. The number of rotatable bonds is 1. The number of fused-ring (bicyclic) bond motifs is 1. The first kappa shape index (κ1) is 12.2. The molecule has 0 bridgehead atoms. The van der Waals surface area contributed by atoms with Crippen molar-refractivity contribution in [3.63, 3.8) is 0 Å². The van der Waals surface area contributed by atoms with Crippen molar-refractivity contribution >= 4 is 16.8 Å². The number of nitrogens with zero attached hydrogens (tertiary/aromatic N) is 3. The Kier molecular flexibility index (Phi) is 2.78. The van der Waals surface area contributed by atoms with E-state index in [1.165, 1.54) is 0 Å². The maximum Gasteiger partial charge on any atom is 0.275 e. The zero-order valence-corrected chi connectivity index (χ0v) is 11.2. The van der Waals surface area contributed by atoms with Crippen LogP contribution < -0.4 is 5.73 Å². The number of nitrogens with two attached hydrogens (primary N) is 1. The molecule has 100 valence electrons. The predicted molar refractivity (Wildman–Crippen MR) is 73.8 cm³/mol. The van der Waals surface area contributed by atoms with Gasteiger partial charge in [-0.1, -0.05) is 25.1 Å². The van der Waals surface area contributed by atoms with Crippen LogP contribution in [0.1, 0.15) is 17.4 Å². The molecule has 5 heteroatoms. The first-order valence-electron chi connectivity index (χ1n) is 6.54. The van der Waals surface area contributed by atoms with Gasteiger partial charge in [-0.25, -0.2) is 0 Å². The zero-order chi connectivity index (χ0) is 13.6. The van der Waals surface area contributed by atoms with Crippen molar-refractivity contribution in [3.8, 4) is 0 Å². The SMILES string of the molecule is C[C@@H]1CN(C(=O)c2nn(C)c3ccccc23)C[C@@H]1N. The van der Waals surface area contributed by atoms with E-state index in [4.69, 9.17) is 5.73 Å². The van der Waals surface area contributed by atoms with E-state index in [1.807, 2.05) is 36.2 Å². The second-order valence-corrected chi connectivity index (χ2v) is 5.34. The van der Waals surface area contributed by atoms with E-state index in [2.05, 4.69) is 12.0 Å². The molecule has 1 aromatic carbocycles. The molecule has 2 heterocycles. The summed E-state index contributed by atoms with van der Waals surface area (Å²) in [6.07, 6.45) is 0. The molecule has 0 spiro atoms. The average molecular weight is 258 g/mol. The predicted octanol–water partition coefficient (Wildman–Crippen LogP) is 0.992. The van der Waals surface area contributed by atoms with Gasteiger partial charge in [0.05, 0.1) is 5.52 Å². The van der Waals surface area contributed by atoms with Crippen molar-refractivity contribution < 1.29 is 4.79 Å². The molecule has 2 N–H and O–H groups in total. The Morgan fingerprint density at radius 1 is 1.37 bits per heavy atom. The number of amides is 1. The van der Waals surface area contributed by atoms with E-state index in [9.17, 15) is 4.79 Å². The Morgan fingerprint density at radius 2 is 2.11 bits per heavy atom. The molecule has 1 aliphatic rings.